The Morgan fingerprint density at radius 3 is 2.70 bits per heavy atom. The molecule has 0 spiro atoms. The van der Waals surface area contributed by atoms with Gasteiger partial charge in [0.1, 0.15) is 23.3 Å². The number of nitrogens with two attached hydrogens (primary N) is 1. The number of pyridine rings is 1. The fourth-order valence-electron chi connectivity index (χ4n) is 3.07. The van der Waals surface area contributed by atoms with Gasteiger partial charge in [-0.3, -0.25) is 14.6 Å². The normalized spacial score (nSPS) is 16.6. The number of carbonyl (C=O) groups is 2. The van der Waals surface area contributed by atoms with Crippen molar-refractivity contribution in [3.8, 4) is 11.5 Å². The molecule has 1 aromatic carbocycles. The van der Waals surface area contributed by atoms with Gasteiger partial charge < -0.3 is 20.1 Å². The summed E-state index contributed by atoms with van der Waals surface area (Å²) in [7, 11) is 0. The van der Waals surface area contributed by atoms with Crippen LogP contribution >= 0.6 is 0 Å². The van der Waals surface area contributed by atoms with Crippen molar-refractivity contribution in [2.45, 2.75) is 25.9 Å². The molecular formula is C20H23N3O4. The zero-order valence-electron chi connectivity index (χ0n) is 15.3. The zero-order chi connectivity index (χ0) is 19.2. The van der Waals surface area contributed by atoms with Gasteiger partial charge in [0.25, 0.3) is 11.8 Å². The van der Waals surface area contributed by atoms with E-state index in [0.717, 1.165) is 18.6 Å². The summed E-state index contributed by atoms with van der Waals surface area (Å²) in [6.07, 6.45) is 3.03. The van der Waals surface area contributed by atoms with Gasteiger partial charge in [-0.15, -0.1) is 0 Å². The molecule has 1 aliphatic rings. The first-order chi connectivity index (χ1) is 13.1. The van der Waals surface area contributed by atoms with Crippen molar-refractivity contribution in [2.24, 2.45) is 5.73 Å². The highest BCUT2D eigenvalue weighted by atomic mass is 16.5. The molecule has 7 heteroatoms. The predicted octanol–water partition coefficient (Wildman–Crippen LogP) is 2.26. The molecule has 1 aliphatic heterocycles. The number of aromatic nitrogens is 1. The van der Waals surface area contributed by atoms with Gasteiger partial charge in [-0.25, -0.2) is 0 Å². The molecule has 2 aromatic rings. The van der Waals surface area contributed by atoms with Gasteiger partial charge >= 0.3 is 0 Å². The first-order valence-corrected chi connectivity index (χ1v) is 9.01. The van der Waals surface area contributed by atoms with E-state index in [9.17, 15) is 9.59 Å². The number of primary amides is 1. The van der Waals surface area contributed by atoms with E-state index in [1.165, 1.54) is 12.3 Å². The van der Waals surface area contributed by atoms with Crippen LogP contribution in [0.5, 0.6) is 11.5 Å². The number of benzene rings is 1. The van der Waals surface area contributed by atoms with Gasteiger partial charge in [-0.2, -0.15) is 0 Å². The van der Waals surface area contributed by atoms with Crippen LogP contribution in [0.1, 0.15) is 40.6 Å². The van der Waals surface area contributed by atoms with Crippen molar-refractivity contribution in [1.82, 2.24) is 9.88 Å². The molecular weight excluding hydrogens is 346 g/mol. The quantitative estimate of drug-likeness (QED) is 0.843. The highest BCUT2D eigenvalue weighted by Gasteiger charge is 2.26. The first kappa shape index (κ1) is 18.7. The van der Waals surface area contributed by atoms with Crippen molar-refractivity contribution >= 4 is 11.8 Å². The van der Waals surface area contributed by atoms with E-state index in [1.54, 1.807) is 35.2 Å². The number of piperidine rings is 1. The number of hydrogen-bond acceptors (Lipinski definition) is 5. The van der Waals surface area contributed by atoms with Crippen LogP contribution in [0, 0.1) is 0 Å². The van der Waals surface area contributed by atoms with Crippen LogP contribution in [0.15, 0.2) is 42.6 Å². The lowest BCUT2D eigenvalue weighted by Crippen LogP contribution is -2.44. The molecule has 0 saturated carbocycles. The molecule has 1 unspecified atom stereocenters. The number of ether oxygens (including phenoxy) is 2. The summed E-state index contributed by atoms with van der Waals surface area (Å²) in [5.74, 6) is 0.645. The molecule has 2 N–H and O–H groups in total. The summed E-state index contributed by atoms with van der Waals surface area (Å²) in [6, 6.07) is 10.4. The maximum absolute atomic E-state index is 12.8. The molecule has 1 aromatic heterocycles. The summed E-state index contributed by atoms with van der Waals surface area (Å²) in [4.78, 5) is 29.7. The molecule has 0 radical (unpaired) electrons. The largest absolute Gasteiger partial charge is 0.494 e. The Balaban J connectivity index is 1.64. The first-order valence-electron chi connectivity index (χ1n) is 9.01. The van der Waals surface area contributed by atoms with Crippen LogP contribution in [0.2, 0.25) is 0 Å². The Labute approximate surface area is 158 Å². The standard InChI is InChI=1S/C20H23N3O4/c1-2-26-15-7-5-14(6-8-15)20(25)23-11-3-4-17(13-23)27-16-9-10-22-18(12-16)19(21)24/h5-10,12,17H,2-4,11,13H2,1H3,(H2,21,24). The lowest BCUT2D eigenvalue weighted by molar-refractivity contribution is 0.0537. The summed E-state index contributed by atoms with van der Waals surface area (Å²) >= 11 is 0. The second-order valence-corrected chi connectivity index (χ2v) is 6.33. The highest BCUT2D eigenvalue weighted by molar-refractivity contribution is 5.94. The number of amides is 2. The van der Waals surface area contributed by atoms with Crippen LogP contribution in [0.4, 0.5) is 0 Å². The third kappa shape index (κ3) is 4.75. The van der Waals surface area contributed by atoms with Crippen molar-refractivity contribution in [3.63, 3.8) is 0 Å². The van der Waals surface area contributed by atoms with Gasteiger partial charge in [0, 0.05) is 24.4 Å². The molecule has 0 aliphatic carbocycles. The number of rotatable bonds is 6. The molecule has 1 fully saturated rings. The van der Waals surface area contributed by atoms with Crippen LogP contribution in [0.25, 0.3) is 0 Å². The fourth-order valence-corrected chi connectivity index (χ4v) is 3.07. The molecule has 1 atom stereocenters. The average Bonchev–Trinajstić information content (AvgIpc) is 2.69. The second-order valence-electron chi connectivity index (χ2n) is 6.33. The van der Waals surface area contributed by atoms with Gasteiger partial charge in [-0.05, 0) is 50.1 Å². The van der Waals surface area contributed by atoms with Crippen LogP contribution in [0.3, 0.4) is 0 Å². The van der Waals surface area contributed by atoms with E-state index < -0.39 is 5.91 Å². The Morgan fingerprint density at radius 2 is 2.00 bits per heavy atom. The molecule has 1 saturated heterocycles. The maximum atomic E-state index is 12.8. The monoisotopic (exact) mass is 369 g/mol. The summed E-state index contributed by atoms with van der Waals surface area (Å²) in [5.41, 5.74) is 6.03. The minimum atomic E-state index is -0.601. The lowest BCUT2D eigenvalue weighted by atomic mass is 10.1. The molecule has 7 nitrogen and oxygen atoms in total. The van der Waals surface area contributed by atoms with E-state index in [1.807, 2.05) is 6.92 Å². The predicted molar refractivity (Wildman–Crippen MR) is 99.9 cm³/mol. The number of likely N-dealkylation sites (tertiary alicyclic amines) is 1. The smallest absolute Gasteiger partial charge is 0.267 e. The number of carbonyl (C=O) groups excluding carboxylic acids is 2. The minimum Gasteiger partial charge on any atom is -0.494 e. The average molecular weight is 369 g/mol. The summed E-state index contributed by atoms with van der Waals surface area (Å²) < 4.78 is 11.4. The maximum Gasteiger partial charge on any atom is 0.267 e. The second kappa shape index (κ2) is 8.53. The van der Waals surface area contributed by atoms with Gasteiger partial charge in [0.05, 0.1) is 13.2 Å². The van der Waals surface area contributed by atoms with Crippen molar-refractivity contribution < 1.29 is 19.1 Å². The van der Waals surface area contributed by atoms with Gasteiger partial charge in [0.2, 0.25) is 0 Å². The van der Waals surface area contributed by atoms with Crippen LogP contribution in [-0.2, 0) is 0 Å². The molecule has 0 bridgehead atoms. The van der Waals surface area contributed by atoms with Crippen molar-refractivity contribution in [1.29, 1.82) is 0 Å². The Bertz CT molecular complexity index is 807. The number of nitrogens with zero attached hydrogens (tertiary/aromatic N) is 2. The third-order valence-corrected chi connectivity index (χ3v) is 4.36. The van der Waals surface area contributed by atoms with Gasteiger partial charge in [-0.1, -0.05) is 0 Å². The minimum absolute atomic E-state index is 0.0288. The van der Waals surface area contributed by atoms with Crippen molar-refractivity contribution in [3.05, 3.63) is 53.9 Å². The Hall–Kier alpha value is -3.09. The third-order valence-electron chi connectivity index (χ3n) is 4.36. The lowest BCUT2D eigenvalue weighted by Gasteiger charge is -2.33. The highest BCUT2D eigenvalue weighted by Crippen LogP contribution is 2.21. The molecule has 2 heterocycles. The summed E-state index contributed by atoms with van der Waals surface area (Å²) in [6.45, 7) is 3.68. The van der Waals surface area contributed by atoms with Crippen LogP contribution < -0.4 is 15.2 Å². The number of hydrogen-bond donors (Lipinski definition) is 1. The van der Waals surface area contributed by atoms with E-state index in [2.05, 4.69) is 4.98 Å². The fraction of sp³-hybridized carbons (Fsp3) is 0.350. The molecule has 27 heavy (non-hydrogen) atoms. The molecule has 142 valence electrons. The Kier molecular flexibility index (Phi) is 5.90. The van der Waals surface area contributed by atoms with Crippen LogP contribution in [-0.4, -0.2) is 47.5 Å². The van der Waals surface area contributed by atoms with E-state index >= 15 is 0 Å². The van der Waals surface area contributed by atoms with E-state index in [-0.39, 0.29) is 17.7 Å². The topological polar surface area (TPSA) is 94.8 Å². The van der Waals surface area contributed by atoms with E-state index in [0.29, 0.717) is 31.0 Å². The summed E-state index contributed by atoms with van der Waals surface area (Å²) in [5, 5.41) is 0. The zero-order valence-corrected chi connectivity index (χ0v) is 15.3. The Morgan fingerprint density at radius 1 is 1.22 bits per heavy atom. The molecule has 3 rings (SSSR count). The van der Waals surface area contributed by atoms with Gasteiger partial charge in [0.15, 0.2) is 0 Å². The van der Waals surface area contributed by atoms with E-state index in [4.69, 9.17) is 15.2 Å². The SMILES string of the molecule is CCOc1ccc(C(=O)N2CCCC(Oc3ccnc(C(N)=O)c3)C2)cc1. The van der Waals surface area contributed by atoms with Crippen molar-refractivity contribution in [2.75, 3.05) is 19.7 Å². The molecule has 2 amide bonds.